The van der Waals surface area contributed by atoms with Crippen LogP contribution in [0.4, 0.5) is 0 Å². The van der Waals surface area contributed by atoms with E-state index in [4.69, 9.17) is 14.4 Å². The summed E-state index contributed by atoms with van der Waals surface area (Å²) in [6, 6.07) is 35.2. The molecule has 3 heteroatoms. The maximum absolute atomic E-state index is 6.07. The Morgan fingerprint density at radius 1 is 0.545 bits per heavy atom. The Morgan fingerprint density at radius 2 is 1.27 bits per heavy atom. The first-order chi connectivity index (χ1) is 16.4. The van der Waals surface area contributed by atoms with E-state index in [0.717, 1.165) is 60.7 Å². The first-order valence-electron chi connectivity index (χ1n) is 11.0. The predicted molar refractivity (Wildman–Crippen MR) is 135 cm³/mol. The van der Waals surface area contributed by atoms with Gasteiger partial charge in [0.2, 0.25) is 0 Å². The van der Waals surface area contributed by atoms with E-state index in [2.05, 4.69) is 66.7 Å². The average Bonchev–Trinajstić information content (AvgIpc) is 3.27. The van der Waals surface area contributed by atoms with Crippen LogP contribution in [0.15, 0.2) is 114 Å². The second kappa shape index (κ2) is 7.01. The van der Waals surface area contributed by atoms with Gasteiger partial charge in [0.15, 0.2) is 0 Å². The van der Waals surface area contributed by atoms with Gasteiger partial charge in [0.25, 0.3) is 0 Å². The van der Waals surface area contributed by atoms with Gasteiger partial charge >= 0.3 is 0 Å². The van der Waals surface area contributed by atoms with E-state index in [0.29, 0.717) is 0 Å². The number of nitrogens with zero attached hydrogens (tertiary/aromatic N) is 2. The van der Waals surface area contributed by atoms with Crippen molar-refractivity contribution in [2.75, 3.05) is 0 Å². The van der Waals surface area contributed by atoms with E-state index < -0.39 is 0 Å². The molecule has 0 aliphatic carbocycles. The van der Waals surface area contributed by atoms with Crippen molar-refractivity contribution in [3.05, 3.63) is 109 Å². The highest BCUT2D eigenvalue weighted by atomic mass is 16.3. The minimum absolute atomic E-state index is 0.866. The molecule has 0 saturated carbocycles. The van der Waals surface area contributed by atoms with Crippen molar-refractivity contribution in [3.63, 3.8) is 0 Å². The molecule has 0 bridgehead atoms. The number of benzene rings is 4. The molecule has 0 aliphatic rings. The summed E-state index contributed by atoms with van der Waals surface area (Å²) in [5, 5.41) is 5.70. The molecule has 0 unspecified atom stereocenters. The third-order valence-electron chi connectivity index (χ3n) is 6.33. The van der Waals surface area contributed by atoms with E-state index in [9.17, 15) is 0 Å². The van der Waals surface area contributed by atoms with Crippen LogP contribution in [-0.4, -0.2) is 9.97 Å². The highest BCUT2D eigenvalue weighted by Gasteiger charge is 2.14. The van der Waals surface area contributed by atoms with Crippen LogP contribution < -0.4 is 0 Å². The minimum atomic E-state index is 0.866. The lowest BCUT2D eigenvalue weighted by atomic mass is 9.99. The Balaban J connectivity index is 1.42. The fourth-order valence-corrected chi connectivity index (χ4v) is 4.81. The van der Waals surface area contributed by atoms with E-state index in [-0.39, 0.29) is 0 Å². The number of hydrogen-bond acceptors (Lipinski definition) is 3. The molecular formula is C30H18N2O. The first-order valence-corrected chi connectivity index (χ1v) is 11.0. The second-order valence-electron chi connectivity index (χ2n) is 8.23. The molecule has 0 aliphatic heterocycles. The molecule has 3 nitrogen and oxygen atoms in total. The molecule has 7 rings (SSSR count). The molecule has 7 aromatic rings. The largest absolute Gasteiger partial charge is 0.456 e. The van der Waals surface area contributed by atoms with Crippen molar-refractivity contribution in [1.82, 2.24) is 9.97 Å². The van der Waals surface area contributed by atoms with E-state index in [1.165, 1.54) is 5.39 Å². The molecule has 33 heavy (non-hydrogen) atoms. The van der Waals surface area contributed by atoms with Gasteiger partial charge in [-0.2, -0.15) is 0 Å². The standard InChI is InChI=1S/C30H18N2O/c1-2-10-23-21(8-1)22-9-3-5-13-25(22)32-30(23)26-17-16-19(18-31-26)20-12-7-15-28-29(20)24-11-4-6-14-27(24)33-28/h1-18H. The fraction of sp³-hybridized carbons (Fsp3) is 0. The van der Waals surface area contributed by atoms with Gasteiger partial charge in [0.1, 0.15) is 11.2 Å². The number of furan rings is 1. The van der Waals surface area contributed by atoms with Crippen LogP contribution in [0.1, 0.15) is 0 Å². The highest BCUT2D eigenvalue weighted by molar-refractivity contribution is 6.13. The summed E-state index contributed by atoms with van der Waals surface area (Å²) in [6.07, 6.45) is 1.94. The predicted octanol–water partition coefficient (Wildman–Crippen LogP) is 8.02. The number of pyridine rings is 2. The summed E-state index contributed by atoms with van der Waals surface area (Å²) in [5.74, 6) is 0. The summed E-state index contributed by atoms with van der Waals surface area (Å²) in [4.78, 5) is 9.84. The van der Waals surface area contributed by atoms with Crippen molar-refractivity contribution in [2.45, 2.75) is 0 Å². The van der Waals surface area contributed by atoms with E-state index in [1.54, 1.807) is 0 Å². The van der Waals surface area contributed by atoms with Crippen molar-refractivity contribution in [2.24, 2.45) is 0 Å². The topological polar surface area (TPSA) is 38.9 Å². The highest BCUT2D eigenvalue weighted by Crippen LogP contribution is 2.37. The lowest BCUT2D eigenvalue weighted by molar-refractivity contribution is 0.669. The summed E-state index contributed by atoms with van der Waals surface area (Å²) in [5.41, 5.74) is 6.71. The lowest BCUT2D eigenvalue weighted by Crippen LogP contribution is -1.92. The van der Waals surface area contributed by atoms with Crippen LogP contribution in [-0.2, 0) is 0 Å². The van der Waals surface area contributed by atoms with Gasteiger partial charge in [0.05, 0.1) is 16.9 Å². The van der Waals surface area contributed by atoms with E-state index in [1.807, 2.05) is 42.6 Å². The zero-order valence-corrected chi connectivity index (χ0v) is 17.7. The van der Waals surface area contributed by atoms with Crippen LogP contribution in [0, 0.1) is 0 Å². The number of aromatic nitrogens is 2. The molecule has 0 radical (unpaired) electrons. The Morgan fingerprint density at radius 3 is 2.12 bits per heavy atom. The van der Waals surface area contributed by atoms with Crippen LogP contribution in [0.2, 0.25) is 0 Å². The summed E-state index contributed by atoms with van der Waals surface area (Å²) in [6.45, 7) is 0. The van der Waals surface area contributed by atoms with Gasteiger partial charge in [-0.15, -0.1) is 0 Å². The van der Waals surface area contributed by atoms with Gasteiger partial charge in [-0.3, -0.25) is 4.98 Å². The fourth-order valence-electron chi connectivity index (χ4n) is 4.81. The van der Waals surface area contributed by atoms with Crippen molar-refractivity contribution in [3.8, 4) is 22.5 Å². The van der Waals surface area contributed by atoms with Crippen LogP contribution in [0.5, 0.6) is 0 Å². The summed E-state index contributed by atoms with van der Waals surface area (Å²) in [7, 11) is 0. The van der Waals surface area contributed by atoms with Crippen LogP contribution >= 0.6 is 0 Å². The molecule has 0 saturated heterocycles. The monoisotopic (exact) mass is 422 g/mol. The molecule has 154 valence electrons. The minimum Gasteiger partial charge on any atom is -0.456 e. The van der Waals surface area contributed by atoms with Gasteiger partial charge in [-0.25, -0.2) is 4.98 Å². The maximum atomic E-state index is 6.07. The summed E-state index contributed by atoms with van der Waals surface area (Å²) >= 11 is 0. The third-order valence-corrected chi connectivity index (χ3v) is 6.33. The molecule has 0 amide bonds. The molecular weight excluding hydrogens is 404 g/mol. The Kier molecular flexibility index (Phi) is 3.84. The van der Waals surface area contributed by atoms with Gasteiger partial charge < -0.3 is 4.42 Å². The van der Waals surface area contributed by atoms with Crippen molar-refractivity contribution < 1.29 is 4.42 Å². The first kappa shape index (κ1) is 18.1. The Bertz CT molecular complexity index is 1810. The molecule has 3 heterocycles. The number of para-hydroxylation sites is 2. The van der Waals surface area contributed by atoms with Crippen molar-refractivity contribution in [1.29, 1.82) is 0 Å². The molecule has 0 spiro atoms. The molecule has 0 fully saturated rings. The molecule has 4 aromatic carbocycles. The van der Waals surface area contributed by atoms with Crippen molar-refractivity contribution >= 4 is 43.6 Å². The quantitative estimate of drug-likeness (QED) is 0.265. The van der Waals surface area contributed by atoms with Crippen LogP contribution in [0.25, 0.3) is 66.1 Å². The number of hydrogen-bond donors (Lipinski definition) is 0. The lowest BCUT2D eigenvalue weighted by Gasteiger charge is -2.10. The Hall–Kier alpha value is -4.50. The third kappa shape index (κ3) is 2.76. The Labute approximate surface area is 190 Å². The molecule has 0 atom stereocenters. The maximum Gasteiger partial charge on any atom is 0.136 e. The van der Waals surface area contributed by atoms with Gasteiger partial charge in [-0.1, -0.05) is 78.9 Å². The van der Waals surface area contributed by atoms with Crippen LogP contribution in [0.3, 0.4) is 0 Å². The number of rotatable bonds is 2. The summed E-state index contributed by atoms with van der Waals surface area (Å²) < 4.78 is 6.07. The van der Waals surface area contributed by atoms with Gasteiger partial charge in [0, 0.05) is 33.3 Å². The SMILES string of the molecule is c1ccc2c(c1)nc(-c1ccc(-c3cccc4oc5ccccc5c34)cn1)c1ccccc12. The second-order valence-corrected chi connectivity index (χ2v) is 8.23. The smallest absolute Gasteiger partial charge is 0.136 e. The molecule has 0 N–H and O–H groups in total. The average molecular weight is 422 g/mol. The normalized spacial score (nSPS) is 11.6. The zero-order chi connectivity index (χ0) is 21.8. The van der Waals surface area contributed by atoms with E-state index >= 15 is 0 Å². The van der Waals surface area contributed by atoms with Gasteiger partial charge in [-0.05, 0) is 35.2 Å². The zero-order valence-electron chi connectivity index (χ0n) is 17.7. The number of fused-ring (bicyclic) bond motifs is 6. The molecule has 3 aromatic heterocycles.